The van der Waals surface area contributed by atoms with Crippen LogP contribution in [0, 0.1) is 0 Å². The van der Waals surface area contributed by atoms with Gasteiger partial charge in [0.2, 0.25) is 0 Å². The maximum atomic E-state index is 12.3. The van der Waals surface area contributed by atoms with Crippen LogP contribution in [0.4, 0.5) is 0 Å². The molecule has 2 aliphatic rings. The maximum absolute atomic E-state index is 12.3. The van der Waals surface area contributed by atoms with Crippen LogP contribution in [0.5, 0.6) is 0 Å². The Balaban J connectivity index is 2.03. The van der Waals surface area contributed by atoms with Crippen LogP contribution in [-0.4, -0.2) is 21.3 Å². The number of aryl methyl sites for hydroxylation is 1. The first-order chi connectivity index (χ1) is 8.25. The van der Waals surface area contributed by atoms with E-state index in [2.05, 4.69) is 36.5 Å². The lowest BCUT2D eigenvalue weighted by Gasteiger charge is -2.35. The first kappa shape index (κ1) is 11.4. The summed E-state index contributed by atoms with van der Waals surface area (Å²) < 4.78 is 12.3. The van der Waals surface area contributed by atoms with Gasteiger partial charge in [-0.3, -0.25) is 4.21 Å². The minimum atomic E-state index is -0.668. The summed E-state index contributed by atoms with van der Waals surface area (Å²) >= 11 is 0. The van der Waals surface area contributed by atoms with Gasteiger partial charge in [-0.25, -0.2) is 0 Å². The zero-order valence-electron chi connectivity index (χ0n) is 10.2. The molecule has 1 N–H and O–H groups in total. The molecule has 0 spiro atoms. The molecule has 17 heavy (non-hydrogen) atoms. The summed E-state index contributed by atoms with van der Waals surface area (Å²) in [5.41, 5.74) is 2.83. The highest BCUT2D eigenvalue weighted by Crippen LogP contribution is 2.34. The lowest BCUT2D eigenvalue weighted by molar-refractivity contribution is 0.428. The van der Waals surface area contributed by atoms with Crippen molar-refractivity contribution < 1.29 is 4.21 Å². The second-order valence-electron chi connectivity index (χ2n) is 5.22. The van der Waals surface area contributed by atoms with Crippen LogP contribution in [-0.2, 0) is 17.2 Å². The Kier molecular flexibility index (Phi) is 3.05. The number of hydrogen-bond acceptors (Lipinski definition) is 2. The van der Waals surface area contributed by atoms with Crippen molar-refractivity contribution in [1.29, 1.82) is 0 Å². The highest BCUT2D eigenvalue weighted by molar-refractivity contribution is 7.85. The summed E-state index contributed by atoms with van der Waals surface area (Å²) in [6.07, 6.45) is 3.39. The second kappa shape index (κ2) is 4.54. The normalized spacial score (nSPS) is 36.8. The molecule has 0 aromatic heterocycles. The largest absolute Gasteiger partial charge is 0.305 e. The van der Waals surface area contributed by atoms with Gasteiger partial charge in [-0.1, -0.05) is 24.3 Å². The van der Waals surface area contributed by atoms with E-state index in [1.165, 1.54) is 17.5 Å². The van der Waals surface area contributed by atoms with E-state index in [1.54, 1.807) is 0 Å². The van der Waals surface area contributed by atoms with E-state index >= 15 is 0 Å². The Labute approximate surface area is 105 Å². The van der Waals surface area contributed by atoms with Crippen LogP contribution >= 0.6 is 0 Å². The van der Waals surface area contributed by atoms with Crippen molar-refractivity contribution in [3.8, 4) is 0 Å². The third kappa shape index (κ3) is 2.06. The summed E-state index contributed by atoms with van der Waals surface area (Å²) in [6, 6.07) is 9.32. The third-order valence-electron chi connectivity index (χ3n) is 3.91. The standard InChI is InChI=1S/C14H19NOS/c1-10-9-17(16)13-8-4-6-11-5-2-3-7-12(11)14(13)15-10/h2-3,5,7,10,13-15H,4,6,8-9H2,1H3. The molecule has 1 aliphatic carbocycles. The topological polar surface area (TPSA) is 29.1 Å². The summed E-state index contributed by atoms with van der Waals surface area (Å²) in [4.78, 5) is 0. The monoisotopic (exact) mass is 249 g/mol. The smallest absolute Gasteiger partial charge is 0.0543 e. The van der Waals surface area contributed by atoms with E-state index in [1.807, 2.05) is 0 Å². The summed E-state index contributed by atoms with van der Waals surface area (Å²) in [6.45, 7) is 2.14. The van der Waals surface area contributed by atoms with Crippen LogP contribution in [0.15, 0.2) is 24.3 Å². The Morgan fingerprint density at radius 3 is 3.06 bits per heavy atom. The Bertz CT molecular complexity index is 446. The van der Waals surface area contributed by atoms with Crippen LogP contribution in [0.1, 0.15) is 36.9 Å². The van der Waals surface area contributed by atoms with Gasteiger partial charge in [-0.05, 0) is 37.3 Å². The lowest BCUT2D eigenvalue weighted by atomic mass is 9.98. The second-order valence-corrected chi connectivity index (χ2v) is 6.92. The molecule has 0 amide bonds. The molecule has 1 fully saturated rings. The zero-order chi connectivity index (χ0) is 11.8. The summed E-state index contributed by atoms with van der Waals surface area (Å²) in [7, 11) is -0.668. The number of rotatable bonds is 0. The van der Waals surface area contributed by atoms with E-state index in [-0.39, 0.29) is 0 Å². The third-order valence-corrected chi connectivity index (χ3v) is 5.92. The van der Waals surface area contributed by atoms with Gasteiger partial charge in [0.05, 0.1) is 5.25 Å². The van der Waals surface area contributed by atoms with Gasteiger partial charge in [0.25, 0.3) is 0 Å². The lowest BCUT2D eigenvalue weighted by Crippen LogP contribution is -2.48. The van der Waals surface area contributed by atoms with Crippen LogP contribution < -0.4 is 5.32 Å². The highest BCUT2D eigenvalue weighted by Gasteiger charge is 2.36. The van der Waals surface area contributed by atoms with Crippen molar-refractivity contribution >= 4 is 10.8 Å². The Morgan fingerprint density at radius 1 is 1.35 bits per heavy atom. The van der Waals surface area contributed by atoms with Gasteiger partial charge >= 0.3 is 0 Å². The molecular weight excluding hydrogens is 230 g/mol. The quantitative estimate of drug-likeness (QED) is 0.763. The fourth-order valence-electron chi connectivity index (χ4n) is 3.13. The fourth-order valence-corrected chi connectivity index (χ4v) is 4.93. The Hall–Kier alpha value is -0.670. The fraction of sp³-hybridized carbons (Fsp3) is 0.571. The molecule has 4 atom stereocenters. The van der Waals surface area contributed by atoms with Gasteiger partial charge in [-0.15, -0.1) is 0 Å². The number of nitrogens with one attached hydrogen (secondary N) is 1. The molecule has 1 heterocycles. The predicted molar refractivity (Wildman–Crippen MR) is 71.5 cm³/mol. The molecule has 3 rings (SSSR count). The van der Waals surface area contributed by atoms with E-state index < -0.39 is 10.8 Å². The van der Waals surface area contributed by atoms with Crippen molar-refractivity contribution in [2.24, 2.45) is 0 Å². The maximum Gasteiger partial charge on any atom is 0.0543 e. The van der Waals surface area contributed by atoms with Crippen molar-refractivity contribution in [2.75, 3.05) is 5.75 Å². The Morgan fingerprint density at radius 2 is 2.18 bits per heavy atom. The SMILES string of the molecule is CC1CS(=O)C2CCCc3ccccc3C2N1. The summed E-state index contributed by atoms with van der Waals surface area (Å²) in [5.74, 6) is 0.809. The molecule has 1 aromatic carbocycles. The van der Waals surface area contributed by atoms with E-state index in [0.717, 1.165) is 18.6 Å². The van der Waals surface area contributed by atoms with Gasteiger partial charge in [0.15, 0.2) is 0 Å². The van der Waals surface area contributed by atoms with Gasteiger partial charge in [-0.2, -0.15) is 0 Å². The van der Waals surface area contributed by atoms with Crippen molar-refractivity contribution in [2.45, 2.75) is 43.5 Å². The molecule has 0 bridgehead atoms. The predicted octanol–water partition coefficient (Wildman–Crippen LogP) is 2.17. The zero-order valence-corrected chi connectivity index (χ0v) is 11.0. The summed E-state index contributed by atoms with van der Waals surface area (Å²) in [5, 5.41) is 3.97. The highest BCUT2D eigenvalue weighted by atomic mass is 32.2. The molecule has 0 radical (unpaired) electrons. The average Bonchev–Trinajstić information content (AvgIpc) is 2.49. The minimum absolute atomic E-state index is 0.304. The molecule has 92 valence electrons. The van der Waals surface area contributed by atoms with Gasteiger partial charge < -0.3 is 5.32 Å². The molecule has 0 saturated carbocycles. The van der Waals surface area contributed by atoms with Crippen LogP contribution in [0.2, 0.25) is 0 Å². The average molecular weight is 249 g/mol. The molecular formula is C14H19NOS. The molecule has 1 aromatic rings. The van der Waals surface area contributed by atoms with Crippen LogP contribution in [0.3, 0.4) is 0 Å². The van der Waals surface area contributed by atoms with E-state index in [9.17, 15) is 4.21 Å². The first-order valence-electron chi connectivity index (χ1n) is 6.47. The van der Waals surface area contributed by atoms with E-state index in [4.69, 9.17) is 0 Å². The van der Waals surface area contributed by atoms with E-state index in [0.29, 0.717) is 17.3 Å². The van der Waals surface area contributed by atoms with Gasteiger partial charge in [0.1, 0.15) is 0 Å². The van der Waals surface area contributed by atoms with Crippen molar-refractivity contribution in [3.63, 3.8) is 0 Å². The number of benzene rings is 1. The molecule has 3 heteroatoms. The number of hydrogen-bond donors (Lipinski definition) is 1. The minimum Gasteiger partial charge on any atom is -0.305 e. The van der Waals surface area contributed by atoms with Crippen molar-refractivity contribution in [1.82, 2.24) is 5.32 Å². The molecule has 4 unspecified atom stereocenters. The van der Waals surface area contributed by atoms with Gasteiger partial charge in [0, 0.05) is 28.6 Å². The molecule has 1 aliphatic heterocycles. The first-order valence-corrected chi connectivity index (χ1v) is 7.85. The molecule has 2 nitrogen and oxygen atoms in total. The van der Waals surface area contributed by atoms with Crippen LogP contribution in [0.25, 0.3) is 0 Å². The number of fused-ring (bicyclic) bond motifs is 3. The van der Waals surface area contributed by atoms with Crippen molar-refractivity contribution in [3.05, 3.63) is 35.4 Å². The molecule has 1 saturated heterocycles.